The minimum atomic E-state index is -0.635. The molecule has 1 amide bonds. The minimum absolute atomic E-state index is 0.0546. The molecule has 0 saturated carbocycles. The number of carbonyl (C=O) groups is 1. The minimum Gasteiger partial charge on any atom is -0.409 e. The average molecular weight is 226 g/mol. The Morgan fingerprint density at radius 1 is 1.69 bits per heavy atom. The Morgan fingerprint density at radius 3 is 2.88 bits per heavy atom. The number of halogens is 1. The predicted octanol–water partition coefficient (Wildman–Crippen LogP) is 0.0854. The van der Waals surface area contributed by atoms with E-state index in [9.17, 15) is 9.18 Å². The summed E-state index contributed by atoms with van der Waals surface area (Å²) < 4.78 is 12.5. The van der Waals surface area contributed by atoms with Gasteiger partial charge in [0.25, 0.3) is 5.91 Å². The van der Waals surface area contributed by atoms with Crippen molar-refractivity contribution in [2.24, 2.45) is 10.9 Å². The van der Waals surface area contributed by atoms with Crippen molar-refractivity contribution < 1.29 is 14.4 Å². The molecular formula is C9H11FN4O2. The quantitative estimate of drug-likeness (QED) is 0.294. The lowest BCUT2D eigenvalue weighted by Crippen LogP contribution is -2.42. The van der Waals surface area contributed by atoms with Gasteiger partial charge in [0.1, 0.15) is 11.5 Å². The van der Waals surface area contributed by atoms with Crippen LogP contribution in [-0.4, -0.2) is 28.0 Å². The van der Waals surface area contributed by atoms with Crippen LogP contribution in [0.15, 0.2) is 23.5 Å². The van der Waals surface area contributed by atoms with Crippen molar-refractivity contribution in [1.82, 2.24) is 10.3 Å². The number of aromatic nitrogens is 1. The smallest absolute Gasteiger partial charge is 0.270 e. The number of hydrogen-bond donors (Lipinski definition) is 3. The molecule has 1 unspecified atom stereocenters. The normalized spacial score (nSPS) is 13.2. The van der Waals surface area contributed by atoms with Crippen molar-refractivity contribution in [3.63, 3.8) is 0 Å². The monoisotopic (exact) mass is 226 g/mol. The van der Waals surface area contributed by atoms with Crippen LogP contribution in [0.1, 0.15) is 17.4 Å². The summed E-state index contributed by atoms with van der Waals surface area (Å²) in [5.41, 5.74) is 5.33. The molecule has 0 bridgehead atoms. The molecule has 1 aromatic rings. The van der Waals surface area contributed by atoms with Crippen LogP contribution in [0.5, 0.6) is 0 Å². The highest BCUT2D eigenvalue weighted by atomic mass is 19.1. The number of hydrogen-bond acceptors (Lipinski definition) is 4. The fraction of sp³-hybridized carbons (Fsp3) is 0.222. The van der Waals surface area contributed by atoms with Gasteiger partial charge in [-0.3, -0.25) is 4.79 Å². The summed E-state index contributed by atoms with van der Waals surface area (Å²) in [6.07, 6.45) is 0.934. The summed E-state index contributed by atoms with van der Waals surface area (Å²) in [6, 6.07) is 1.73. The summed E-state index contributed by atoms with van der Waals surface area (Å²) in [5, 5.41) is 13.5. The highest BCUT2D eigenvalue weighted by molar-refractivity contribution is 5.96. The van der Waals surface area contributed by atoms with Crippen LogP contribution in [0.2, 0.25) is 0 Å². The predicted molar refractivity (Wildman–Crippen MR) is 54.5 cm³/mol. The molecule has 0 aromatic carbocycles. The SMILES string of the molecule is CC(NC(=O)c1ccc(F)cn1)/C(N)=N/O. The van der Waals surface area contributed by atoms with E-state index in [4.69, 9.17) is 10.9 Å². The lowest BCUT2D eigenvalue weighted by molar-refractivity contribution is 0.0943. The van der Waals surface area contributed by atoms with Crippen LogP contribution in [0.25, 0.3) is 0 Å². The maximum atomic E-state index is 12.5. The van der Waals surface area contributed by atoms with Gasteiger partial charge in [0.2, 0.25) is 0 Å². The Hall–Kier alpha value is -2.18. The highest BCUT2D eigenvalue weighted by Gasteiger charge is 2.13. The molecule has 0 saturated heterocycles. The Kier molecular flexibility index (Phi) is 3.76. The van der Waals surface area contributed by atoms with Gasteiger partial charge in [-0.15, -0.1) is 0 Å². The molecule has 6 nitrogen and oxygen atoms in total. The molecule has 1 aromatic heterocycles. The van der Waals surface area contributed by atoms with E-state index in [1.54, 1.807) is 0 Å². The Bertz CT molecular complexity index is 404. The number of amides is 1. The number of carbonyl (C=O) groups excluding carboxylic acids is 1. The average Bonchev–Trinajstić information content (AvgIpc) is 2.28. The maximum absolute atomic E-state index is 12.5. The first-order valence-corrected chi connectivity index (χ1v) is 4.44. The first-order chi connectivity index (χ1) is 7.54. The summed E-state index contributed by atoms with van der Waals surface area (Å²) in [5.74, 6) is -1.18. The third-order valence-corrected chi connectivity index (χ3v) is 1.87. The van der Waals surface area contributed by atoms with Crippen molar-refractivity contribution >= 4 is 11.7 Å². The second-order valence-corrected chi connectivity index (χ2v) is 3.08. The molecule has 1 rings (SSSR count). The molecule has 0 spiro atoms. The van der Waals surface area contributed by atoms with Gasteiger partial charge in [0, 0.05) is 0 Å². The molecule has 1 heterocycles. The van der Waals surface area contributed by atoms with Gasteiger partial charge in [0.15, 0.2) is 5.84 Å². The van der Waals surface area contributed by atoms with Gasteiger partial charge in [-0.1, -0.05) is 5.16 Å². The van der Waals surface area contributed by atoms with Crippen LogP contribution >= 0.6 is 0 Å². The Labute approximate surface area is 91.0 Å². The van der Waals surface area contributed by atoms with Gasteiger partial charge in [-0.2, -0.15) is 0 Å². The maximum Gasteiger partial charge on any atom is 0.270 e. The third kappa shape index (κ3) is 2.91. The van der Waals surface area contributed by atoms with Crippen molar-refractivity contribution in [1.29, 1.82) is 0 Å². The summed E-state index contributed by atoms with van der Waals surface area (Å²) in [4.78, 5) is 15.1. The molecule has 0 aliphatic carbocycles. The number of amidine groups is 1. The van der Waals surface area contributed by atoms with Crippen molar-refractivity contribution in [2.75, 3.05) is 0 Å². The van der Waals surface area contributed by atoms with E-state index in [1.165, 1.54) is 13.0 Å². The van der Waals surface area contributed by atoms with Crippen LogP contribution in [0.3, 0.4) is 0 Å². The number of oxime groups is 1. The molecule has 0 aliphatic rings. The molecule has 86 valence electrons. The van der Waals surface area contributed by atoms with Crippen LogP contribution in [-0.2, 0) is 0 Å². The second kappa shape index (κ2) is 5.06. The van der Waals surface area contributed by atoms with E-state index in [0.29, 0.717) is 0 Å². The van der Waals surface area contributed by atoms with Gasteiger partial charge in [-0.25, -0.2) is 9.37 Å². The highest BCUT2D eigenvalue weighted by Crippen LogP contribution is 1.98. The number of rotatable bonds is 3. The van der Waals surface area contributed by atoms with E-state index in [0.717, 1.165) is 12.3 Å². The van der Waals surface area contributed by atoms with E-state index < -0.39 is 17.8 Å². The van der Waals surface area contributed by atoms with Gasteiger partial charge >= 0.3 is 0 Å². The first-order valence-electron chi connectivity index (χ1n) is 4.44. The van der Waals surface area contributed by atoms with Gasteiger partial charge in [-0.05, 0) is 19.1 Å². The molecule has 16 heavy (non-hydrogen) atoms. The fourth-order valence-corrected chi connectivity index (χ4v) is 0.941. The Balaban J connectivity index is 2.69. The zero-order valence-corrected chi connectivity index (χ0v) is 8.51. The van der Waals surface area contributed by atoms with Crippen molar-refractivity contribution in [2.45, 2.75) is 13.0 Å². The van der Waals surface area contributed by atoms with E-state index >= 15 is 0 Å². The first kappa shape index (κ1) is 11.9. The van der Waals surface area contributed by atoms with Crippen molar-refractivity contribution in [3.05, 3.63) is 29.8 Å². The zero-order chi connectivity index (χ0) is 12.1. The summed E-state index contributed by atoms with van der Waals surface area (Å²) in [6.45, 7) is 1.54. The van der Waals surface area contributed by atoms with Gasteiger partial charge < -0.3 is 16.3 Å². The molecule has 0 fully saturated rings. The summed E-state index contributed by atoms with van der Waals surface area (Å²) in [7, 11) is 0. The molecule has 0 aliphatic heterocycles. The number of pyridine rings is 1. The lowest BCUT2D eigenvalue weighted by atomic mass is 10.2. The standard InChI is InChI=1S/C9H11FN4O2/c1-5(8(11)14-16)13-9(15)7-3-2-6(10)4-12-7/h2-5,16H,1H3,(H2,11,14)(H,13,15). The van der Waals surface area contributed by atoms with E-state index in [1.807, 2.05) is 0 Å². The Morgan fingerprint density at radius 2 is 2.38 bits per heavy atom. The number of nitrogens with one attached hydrogen (secondary N) is 1. The molecule has 1 atom stereocenters. The third-order valence-electron chi connectivity index (χ3n) is 1.87. The van der Waals surface area contributed by atoms with E-state index in [2.05, 4.69) is 15.5 Å². The van der Waals surface area contributed by atoms with Crippen molar-refractivity contribution in [3.8, 4) is 0 Å². The lowest BCUT2D eigenvalue weighted by Gasteiger charge is -2.11. The number of nitrogens with zero attached hydrogens (tertiary/aromatic N) is 2. The molecule has 4 N–H and O–H groups in total. The van der Waals surface area contributed by atoms with Crippen LogP contribution in [0.4, 0.5) is 4.39 Å². The second-order valence-electron chi connectivity index (χ2n) is 3.08. The van der Waals surface area contributed by atoms with Gasteiger partial charge in [0.05, 0.1) is 12.2 Å². The topological polar surface area (TPSA) is 101 Å². The van der Waals surface area contributed by atoms with Crippen LogP contribution in [0, 0.1) is 5.82 Å². The number of nitrogens with two attached hydrogens (primary N) is 1. The van der Waals surface area contributed by atoms with E-state index in [-0.39, 0.29) is 11.5 Å². The molecule has 0 radical (unpaired) electrons. The largest absolute Gasteiger partial charge is 0.409 e. The zero-order valence-electron chi connectivity index (χ0n) is 8.51. The van der Waals surface area contributed by atoms with Crippen LogP contribution < -0.4 is 11.1 Å². The fourth-order valence-electron chi connectivity index (χ4n) is 0.941. The molecular weight excluding hydrogens is 215 g/mol. The molecule has 7 heteroatoms. The summed E-state index contributed by atoms with van der Waals surface area (Å²) >= 11 is 0.